The summed E-state index contributed by atoms with van der Waals surface area (Å²) >= 11 is 8.47. The number of hydrogen-bond acceptors (Lipinski definition) is 3. The molecule has 3 rings (SSSR count). The monoisotopic (exact) mass is 468 g/mol. The number of amidine groups is 1. The minimum Gasteiger partial charge on any atom is -0.465 e. The fraction of sp³-hybridized carbons (Fsp3) is 0.176. The molecule has 2 atom stereocenters. The van der Waals surface area contributed by atoms with Gasteiger partial charge < -0.3 is 5.11 Å². The SMILES string of the molecule is CSC1=N[C@H](c2ccccc2Br)[C@H](c2ccccc2Br)N1C(=O)O. The van der Waals surface area contributed by atoms with Crippen molar-refractivity contribution in [2.24, 2.45) is 4.99 Å². The molecule has 0 fully saturated rings. The van der Waals surface area contributed by atoms with E-state index < -0.39 is 12.1 Å². The van der Waals surface area contributed by atoms with Gasteiger partial charge in [-0.25, -0.2) is 9.69 Å². The Morgan fingerprint density at radius 3 is 2.12 bits per heavy atom. The standard InChI is InChI=1S/C17H14Br2N2O2S/c1-24-16-20-14(10-6-2-4-8-12(10)18)15(21(16)17(22)23)11-7-3-5-9-13(11)19/h2-9,14-15H,1H3,(H,22,23)/t14-,15+/m1/s1. The Morgan fingerprint density at radius 2 is 1.62 bits per heavy atom. The minimum absolute atomic E-state index is 0.308. The first-order chi connectivity index (χ1) is 11.5. The van der Waals surface area contributed by atoms with Crippen LogP contribution in [0, 0.1) is 0 Å². The van der Waals surface area contributed by atoms with Crippen molar-refractivity contribution in [2.45, 2.75) is 12.1 Å². The fourth-order valence-electron chi connectivity index (χ4n) is 2.84. The van der Waals surface area contributed by atoms with Gasteiger partial charge in [0, 0.05) is 8.95 Å². The molecular weight excluding hydrogens is 456 g/mol. The molecule has 7 heteroatoms. The maximum absolute atomic E-state index is 11.9. The van der Waals surface area contributed by atoms with Gasteiger partial charge in [-0.15, -0.1) is 0 Å². The van der Waals surface area contributed by atoms with E-state index in [-0.39, 0.29) is 6.04 Å². The van der Waals surface area contributed by atoms with Crippen LogP contribution < -0.4 is 0 Å². The molecule has 2 aromatic rings. The van der Waals surface area contributed by atoms with Crippen LogP contribution in [-0.4, -0.2) is 27.5 Å². The fourth-order valence-corrected chi connectivity index (χ4v) is 4.49. The highest BCUT2D eigenvalue weighted by atomic mass is 79.9. The van der Waals surface area contributed by atoms with Gasteiger partial charge in [0.05, 0.1) is 6.04 Å². The quantitative estimate of drug-likeness (QED) is 0.613. The topological polar surface area (TPSA) is 52.9 Å². The Bertz CT molecular complexity index is 813. The summed E-state index contributed by atoms with van der Waals surface area (Å²) < 4.78 is 1.79. The molecule has 0 aliphatic carbocycles. The summed E-state index contributed by atoms with van der Waals surface area (Å²) in [6, 6.07) is 14.8. The third kappa shape index (κ3) is 3.12. The molecule has 1 amide bonds. The predicted octanol–water partition coefficient (Wildman–Crippen LogP) is 5.71. The number of nitrogens with zero attached hydrogens (tertiary/aromatic N) is 2. The van der Waals surface area contributed by atoms with Crippen molar-refractivity contribution in [1.29, 1.82) is 0 Å². The number of carbonyl (C=O) groups is 1. The number of amides is 1. The van der Waals surface area contributed by atoms with Gasteiger partial charge in [0.25, 0.3) is 0 Å². The van der Waals surface area contributed by atoms with E-state index in [1.54, 1.807) is 0 Å². The van der Waals surface area contributed by atoms with Gasteiger partial charge in [-0.3, -0.25) is 4.99 Å². The summed E-state index contributed by atoms with van der Waals surface area (Å²) in [6.45, 7) is 0. The van der Waals surface area contributed by atoms with Crippen molar-refractivity contribution >= 4 is 54.9 Å². The third-order valence-corrected chi connectivity index (χ3v) is 5.98. The van der Waals surface area contributed by atoms with Crippen LogP contribution >= 0.6 is 43.6 Å². The second-order valence-electron chi connectivity index (χ2n) is 5.20. The molecule has 0 saturated heterocycles. The normalized spacial score (nSPS) is 20.1. The Morgan fingerprint density at radius 1 is 1.08 bits per heavy atom. The summed E-state index contributed by atoms with van der Waals surface area (Å²) in [4.78, 5) is 18.0. The van der Waals surface area contributed by atoms with Gasteiger partial charge in [0.2, 0.25) is 0 Å². The summed E-state index contributed by atoms with van der Waals surface area (Å²) in [6.07, 6.45) is 0.840. The first-order valence-corrected chi connectivity index (χ1v) is 9.98. The van der Waals surface area contributed by atoms with Gasteiger partial charge in [-0.05, 0) is 29.5 Å². The van der Waals surface area contributed by atoms with Gasteiger partial charge in [0.15, 0.2) is 5.17 Å². The number of carboxylic acid groups (broad SMARTS) is 1. The number of rotatable bonds is 2. The molecule has 0 aromatic heterocycles. The van der Waals surface area contributed by atoms with E-state index in [4.69, 9.17) is 4.99 Å². The molecule has 0 radical (unpaired) electrons. The smallest absolute Gasteiger partial charge is 0.414 e. The Labute approximate surface area is 161 Å². The van der Waals surface area contributed by atoms with E-state index in [0.717, 1.165) is 20.1 Å². The predicted molar refractivity (Wildman–Crippen MR) is 105 cm³/mol. The van der Waals surface area contributed by atoms with E-state index in [9.17, 15) is 9.90 Å². The average Bonchev–Trinajstić information content (AvgIpc) is 2.95. The van der Waals surface area contributed by atoms with Gasteiger partial charge in [-0.1, -0.05) is 80.0 Å². The lowest BCUT2D eigenvalue weighted by Gasteiger charge is -2.27. The number of hydrogen-bond donors (Lipinski definition) is 1. The highest BCUT2D eigenvalue weighted by Gasteiger charge is 2.42. The number of thioether (sulfide) groups is 1. The van der Waals surface area contributed by atoms with Crippen LogP contribution in [0.4, 0.5) is 4.79 Å². The van der Waals surface area contributed by atoms with Gasteiger partial charge >= 0.3 is 6.09 Å². The zero-order chi connectivity index (χ0) is 17.3. The molecule has 0 unspecified atom stereocenters. The number of halogens is 2. The largest absolute Gasteiger partial charge is 0.465 e. The van der Waals surface area contributed by atoms with E-state index in [0.29, 0.717) is 5.17 Å². The molecule has 24 heavy (non-hydrogen) atoms. The summed E-state index contributed by atoms with van der Waals surface area (Å²) in [7, 11) is 0. The van der Waals surface area contributed by atoms with E-state index >= 15 is 0 Å². The molecule has 1 N–H and O–H groups in total. The van der Waals surface area contributed by atoms with Crippen LogP contribution in [0.15, 0.2) is 62.5 Å². The van der Waals surface area contributed by atoms with E-state index in [2.05, 4.69) is 31.9 Å². The highest BCUT2D eigenvalue weighted by Crippen LogP contribution is 2.47. The first kappa shape index (κ1) is 17.5. The highest BCUT2D eigenvalue weighted by molar-refractivity contribution is 9.10. The zero-order valence-corrected chi connectivity index (χ0v) is 16.7. The summed E-state index contributed by atoms with van der Waals surface area (Å²) in [5, 5.41) is 10.3. The number of aliphatic imine (C=N–C) groups is 1. The van der Waals surface area contributed by atoms with Crippen LogP contribution in [0.5, 0.6) is 0 Å². The average molecular weight is 470 g/mol. The molecule has 1 aliphatic heterocycles. The number of benzene rings is 2. The Kier molecular flexibility index (Phi) is 5.32. The molecule has 1 heterocycles. The maximum Gasteiger partial charge on any atom is 0.414 e. The van der Waals surface area contributed by atoms with Gasteiger partial charge in [0.1, 0.15) is 6.04 Å². The Balaban J connectivity index is 2.18. The molecule has 2 aromatic carbocycles. The second kappa shape index (κ2) is 7.29. The van der Waals surface area contributed by atoms with Crippen LogP contribution in [-0.2, 0) is 0 Å². The lowest BCUT2D eigenvalue weighted by atomic mass is 9.94. The van der Waals surface area contributed by atoms with Crippen molar-refractivity contribution < 1.29 is 9.90 Å². The molecule has 0 saturated carbocycles. The molecular formula is C17H14Br2N2O2S. The van der Waals surface area contributed by atoms with E-state index in [1.807, 2.05) is 54.8 Å². The molecule has 0 spiro atoms. The minimum atomic E-state index is -1.00. The van der Waals surface area contributed by atoms with Crippen LogP contribution in [0.1, 0.15) is 23.2 Å². The van der Waals surface area contributed by atoms with Crippen LogP contribution in [0.2, 0.25) is 0 Å². The molecule has 124 valence electrons. The van der Waals surface area contributed by atoms with Gasteiger partial charge in [-0.2, -0.15) is 0 Å². The third-order valence-electron chi connectivity index (χ3n) is 3.87. The van der Waals surface area contributed by atoms with Crippen LogP contribution in [0.3, 0.4) is 0 Å². The molecule has 0 bridgehead atoms. The van der Waals surface area contributed by atoms with Crippen molar-refractivity contribution in [3.8, 4) is 0 Å². The van der Waals surface area contributed by atoms with Crippen LogP contribution in [0.25, 0.3) is 0 Å². The lowest BCUT2D eigenvalue weighted by Crippen LogP contribution is -2.35. The lowest BCUT2D eigenvalue weighted by molar-refractivity contribution is 0.157. The zero-order valence-electron chi connectivity index (χ0n) is 12.7. The van der Waals surface area contributed by atoms with Crippen molar-refractivity contribution in [3.63, 3.8) is 0 Å². The maximum atomic E-state index is 11.9. The van der Waals surface area contributed by atoms with Crippen molar-refractivity contribution in [1.82, 2.24) is 4.90 Å². The van der Waals surface area contributed by atoms with Crippen molar-refractivity contribution in [3.05, 3.63) is 68.6 Å². The van der Waals surface area contributed by atoms with E-state index in [1.165, 1.54) is 16.7 Å². The summed E-state index contributed by atoms with van der Waals surface area (Å²) in [5.74, 6) is 0. The molecule has 4 nitrogen and oxygen atoms in total. The van der Waals surface area contributed by atoms with Crippen molar-refractivity contribution in [2.75, 3.05) is 6.26 Å². The first-order valence-electron chi connectivity index (χ1n) is 7.17. The second-order valence-corrected chi connectivity index (χ2v) is 7.68. The summed E-state index contributed by atoms with van der Waals surface area (Å²) in [5.41, 5.74) is 1.86. The Hall–Kier alpha value is -1.31. The molecule has 1 aliphatic rings.